The van der Waals surface area contributed by atoms with E-state index in [1.807, 2.05) is 24.3 Å². The lowest BCUT2D eigenvalue weighted by atomic mass is 9.82. The Morgan fingerprint density at radius 1 is 1.53 bits per heavy atom. The van der Waals surface area contributed by atoms with E-state index in [0.717, 1.165) is 11.1 Å². The molecule has 1 radical (unpaired) electrons. The first-order valence-corrected chi connectivity index (χ1v) is 6.03. The third-order valence-corrected chi connectivity index (χ3v) is 3.36. The highest BCUT2D eigenvalue weighted by Gasteiger charge is 2.33. The minimum Gasteiger partial charge on any atom is -0.385 e. The summed E-state index contributed by atoms with van der Waals surface area (Å²) >= 11 is 0. The van der Waals surface area contributed by atoms with Gasteiger partial charge >= 0.3 is 0 Å². The number of carbonyl (C=O) groups excluding carboxylic acids is 1. The van der Waals surface area contributed by atoms with Gasteiger partial charge in [0.05, 0.1) is 6.19 Å². The van der Waals surface area contributed by atoms with Crippen LogP contribution in [0.3, 0.4) is 0 Å². The van der Waals surface area contributed by atoms with Crippen LogP contribution in [-0.2, 0) is 17.8 Å². The maximum atomic E-state index is 10.7. The van der Waals surface area contributed by atoms with Crippen LogP contribution >= 0.6 is 0 Å². The molecule has 19 heavy (non-hydrogen) atoms. The van der Waals surface area contributed by atoms with Crippen LogP contribution < -0.4 is 0 Å². The summed E-state index contributed by atoms with van der Waals surface area (Å²) in [7, 11) is 1.34. The fourth-order valence-corrected chi connectivity index (χ4v) is 2.44. The molecular weight excluding hydrogens is 247 g/mol. The minimum absolute atomic E-state index is 0.439. The summed E-state index contributed by atoms with van der Waals surface area (Å²) in [6, 6.07) is 7.27. The first-order chi connectivity index (χ1) is 9.11. The van der Waals surface area contributed by atoms with Crippen molar-refractivity contribution in [3.63, 3.8) is 0 Å². The molecule has 6 nitrogen and oxygen atoms in total. The first-order valence-electron chi connectivity index (χ1n) is 6.03. The molecule has 0 aromatic heterocycles. The van der Waals surface area contributed by atoms with Crippen LogP contribution in [0, 0.1) is 10.1 Å². The van der Waals surface area contributed by atoms with Crippen LogP contribution in [0.15, 0.2) is 24.3 Å². The second kappa shape index (κ2) is 5.94. The molecule has 2 rings (SSSR count). The quantitative estimate of drug-likeness (QED) is 0.345. The van der Waals surface area contributed by atoms with Crippen LogP contribution in [-0.4, -0.2) is 47.1 Å². The molecule has 1 heterocycles. The molecular formula is C12H14BN2O4. The monoisotopic (exact) mass is 261 g/mol. The van der Waals surface area contributed by atoms with Gasteiger partial charge in [0.25, 0.3) is 7.41 Å². The van der Waals surface area contributed by atoms with Crippen molar-refractivity contribution in [2.45, 2.75) is 25.1 Å². The van der Waals surface area contributed by atoms with Gasteiger partial charge in [0.15, 0.2) is 0 Å². The van der Waals surface area contributed by atoms with Crippen molar-refractivity contribution in [2.24, 2.45) is 0 Å². The lowest BCUT2D eigenvalue weighted by Crippen LogP contribution is -2.51. The van der Waals surface area contributed by atoms with Crippen LogP contribution in [0.25, 0.3) is 0 Å². The fourth-order valence-electron chi connectivity index (χ4n) is 2.44. The summed E-state index contributed by atoms with van der Waals surface area (Å²) in [5.74, 6) is 0. The number of nitrogens with zero attached hydrogens (tertiary/aromatic N) is 2. The number of rotatable bonds is 5. The molecule has 0 bridgehead atoms. The molecule has 99 valence electrons. The number of aliphatic hydroxyl groups is 1. The first kappa shape index (κ1) is 13.7. The van der Waals surface area contributed by atoms with Gasteiger partial charge in [-0.2, -0.15) is 0 Å². The van der Waals surface area contributed by atoms with E-state index >= 15 is 0 Å². The number of hydrogen-bond donors (Lipinski definition) is 1. The Balaban J connectivity index is 2.20. The van der Waals surface area contributed by atoms with E-state index in [1.165, 1.54) is 7.41 Å². The molecule has 0 fully saturated rings. The maximum absolute atomic E-state index is 10.7. The van der Waals surface area contributed by atoms with Crippen molar-refractivity contribution in [1.29, 1.82) is 0 Å². The highest BCUT2D eigenvalue weighted by atomic mass is 16.6. The zero-order valence-electron chi connectivity index (χ0n) is 10.3. The van der Waals surface area contributed by atoms with Crippen LogP contribution in [0.2, 0.25) is 0 Å². The average molecular weight is 261 g/mol. The maximum Gasteiger partial charge on any atom is 0.293 e. The Hall–Kier alpha value is -1.73. The molecule has 0 spiro atoms. The largest absolute Gasteiger partial charge is 0.385 e. The second-order valence-electron chi connectivity index (χ2n) is 4.58. The second-order valence-corrected chi connectivity index (χ2v) is 4.58. The number of fused-ring (bicyclic) bond motifs is 1. The van der Waals surface area contributed by atoms with Crippen LogP contribution in [0.1, 0.15) is 11.1 Å². The number of aliphatic hydroxyl groups excluding tert-OH is 1. The van der Waals surface area contributed by atoms with E-state index in [0.29, 0.717) is 19.2 Å². The number of carbonyl (C=O) groups is 1. The zero-order chi connectivity index (χ0) is 13.8. The summed E-state index contributed by atoms with van der Waals surface area (Å²) in [6.45, 7) is -0.0373. The molecule has 0 aliphatic carbocycles. The Morgan fingerprint density at radius 3 is 2.84 bits per heavy atom. The van der Waals surface area contributed by atoms with Gasteiger partial charge in [-0.1, -0.05) is 24.3 Å². The molecule has 0 unspecified atom stereocenters. The van der Waals surface area contributed by atoms with Crippen molar-refractivity contribution in [1.82, 2.24) is 4.81 Å². The van der Waals surface area contributed by atoms with Crippen LogP contribution in [0.5, 0.6) is 0 Å². The summed E-state index contributed by atoms with van der Waals surface area (Å²) in [5.41, 5.74) is 2.13. The van der Waals surface area contributed by atoms with Gasteiger partial charge in [-0.25, -0.2) is 0 Å². The van der Waals surface area contributed by atoms with E-state index in [1.54, 1.807) is 4.81 Å². The summed E-state index contributed by atoms with van der Waals surface area (Å²) < 4.78 is 0. The van der Waals surface area contributed by atoms with Gasteiger partial charge in [0.2, 0.25) is 6.54 Å². The molecule has 1 aliphatic rings. The number of hydrogen-bond acceptors (Lipinski definition) is 5. The predicted octanol–water partition coefficient (Wildman–Crippen LogP) is -0.140. The topological polar surface area (TPSA) is 83.7 Å². The van der Waals surface area contributed by atoms with Crippen molar-refractivity contribution in [2.75, 3.05) is 6.54 Å². The molecule has 1 aromatic carbocycles. The van der Waals surface area contributed by atoms with E-state index in [-0.39, 0.29) is 0 Å². The van der Waals surface area contributed by atoms with E-state index in [2.05, 4.69) is 0 Å². The van der Waals surface area contributed by atoms with E-state index in [9.17, 15) is 20.0 Å². The Labute approximate surface area is 111 Å². The smallest absolute Gasteiger partial charge is 0.293 e. The lowest BCUT2D eigenvalue weighted by molar-refractivity contribution is -0.491. The minimum atomic E-state index is -1.10. The van der Waals surface area contributed by atoms with Crippen molar-refractivity contribution < 1.29 is 14.8 Å². The molecule has 1 aliphatic heterocycles. The zero-order valence-corrected chi connectivity index (χ0v) is 10.3. The lowest BCUT2D eigenvalue weighted by Gasteiger charge is -2.37. The third-order valence-electron chi connectivity index (χ3n) is 3.36. The summed E-state index contributed by atoms with van der Waals surface area (Å²) in [4.78, 5) is 22.3. The standard InChI is InChI=1S/C12H14BN2O4/c16-8-13-14-6-10-4-2-1-3-9(10)5-11(14)12(17)7-15(18)19/h1-4,8,11-12,17H,5-7H2/t11-,12+/m0/s1. The molecule has 1 aromatic rings. The van der Waals surface area contributed by atoms with Crippen molar-refractivity contribution in [3.8, 4) is 0 Å². The van der Waals surface area contributed by atoms with E-state index < -0.39 is 23.6 Å². The summed E-state index contributed by atoms with van der Waals surface area (Å²) in [6.07, 6.45) is 0.0366. The number of benzene rings is 1. The SMILES string of the molecule is O=C[B]N1Cc2ccccc2C[C@H]1[C@H](O)C[N+](=O)[O-]. The van der Waals surface area contributed by atoms with Crippen molar-refractivity contribution >= 4 is 13.6 Å². The van der Waals surface area contributed by atoms with Gasteiger partial charge < -0.3 is 14.7 Å². The molecule has 2 atom stereocenters. The molecule has 1 N–H and O–H groups in total. The van der Waals surface area contributed by atoms with Gasteiger partial charge in [0.1, 0.15) is 6.10 Å². The highest BCUT2D eigenvalue weighted by molar-refractivity contribution is 6.64. The molecule has 0 saturated carbocycles. The molecule has 0 saturated heterocycles. The molecule has 0 amide bonds. The highest BCUT2D eigenvalue weighted by Crippen LogP contribution is 2.24. The Kier molecular flexibility index (Phi) is 4.29. The van der Waals surface area contributed by atoms with Crippen molar-refractivity contribution in [3.05, 3.63) is 45.5 Å². The van der Waals surface area contributed by atoms with Crippen LogP contribution in [0.4, 0.5) is 0 Å². The van der Waals surface area contributed by atoms with Gasteiger partial charge in [-0.05, 0) is 17.5 Å². The summed E-state index contributed by atoms with van der Waals surface area (Å²) in [5, 5.41) is 20.5. The van der Waals surface area contributed by atoms with Gasteiger partial charge in [-0.3, -0.25) is 10.1 Å². The Bertz CT molecular complexity index is 483. The normalized spacial score (nSPS) is 20.4. The van der Waals surface area contributed by atoms with E-state index in [4.69, 9.17) is 0 Å². The average Bonchev–Trinajstić information content (AvgIpc) is 2.37. The third kappa shape index (κ3) is 3.18. The van der Waals surface area contributed by atoms with Gasteiger partial charge in [-0.15, -0.1) is 0 Å². The predicted molar refractivity (Wildman–Crippen MR) is 69.8 cm³/mol. The van der Waals surface area contributed by atoms with Gasteiger partial charge in [0, 0.05) is 17.5 Å². The fraction of sp³-hybridized carbons (Fsp3) is 0.417. The Morgan fingerprint density at radius 2 is 2.21 bits per heavy atom. The molecule has 7 heteroatoms. The number of nitro groups is 1.